The molecule has 3 rings (SSSR count). The highest BCUT2D eigenvalue weighted by Crippen LogP contribution is 2.23. The van der Waals surface area contributed by atoms with Crippen molar-refractivity contribution in [1.29, 1.82) is 0 Å². The first-order valence-corrected chi connectivity index (χ1v) is 9.57. The first-order valence-electron chi connectivity index (χ1n) is 8.69. The summed E-state index contributed by atoms with van der Waals surface area (Å²) in [6, 6.07) is 5.33. The van der Waals surface area contributed by atoms with Gasteiger partial charge in [-0.25, -0.2) is 0 Å². The van der Waals surface area contributed by atoms with Crippen LogP contribution < -0.4 is 5.32 Å². The van der Waals surface area contributed by atoms with Gasteiger partial charge in [0.15, 0.2) is 0 Å². The summed E-state index contributed by atoms with van der Waals surface area (Å²) in [5.74, 6) is 0.342. The molecule has 26 heavy (non-hydrogen) atoms. The Kier molecular flexibility index (Phi) is 5.73. The maximum absolute atomic E-state index is 12.5. The van der Waals surface area contributed by atoms with Crippen molar-refractivity contribution in [3.8, 4) is 0 Å². The van der Waals surface area contributed by atoms with Gasteiger partial charge in [-0.05, 0) is 37.6 Å². The minimum absolute atomic E-state index is 0.0342. The molecule has 0 spiro atoms. The molecule has 0 radical (unpaired) electrons. The van der Waals surface area contributed by atoms with Crippen LogP contribution in [0.4, 0.5) is 0 Å². The number of nitrogens with one attached hydrogen (secondary N) is 1. The molecule has 0 unspecified atom stereocenters. The van der Waals surface area contributed by atoms with E-state index in [-0.39, 0.29) is 24.8 Å². The summed E-state index contributed by atoms with van der Waals surface area (Å²) in [6.45, 7) is 3.05. The lowest BCUT2D eigenvalue weighted by Crippen LogP contribution is -2.43. The van der Waals surface area contributed by atoms with Crippen LogP contribution >= 0.6 is 11.3 Å². The maximum Gasteiger partial charge on any atom is 0.261 e. The van der Waals surface area contributed by atoms with Crippen molar-refractivity contribution in [2.75, 3.05) is 19.6 Å². The third-order valence-corrected chi connectivity index (χ3v) is 5.46. The third-order valence-electron chi connectivity index (χ3n) is 4.60. The fourth-order valence-corrected chi connectivity index (χ4v) is 3.75. The van der Waals surface area contributed by atoms with Gasteiger partial charge in [-0.15, -0.1) is 11.3 Å². The Balaban J connectivity index is 1.51. The predicted molar refractivity (Wildman–Crippen MR) is 97.0 cm³/mol. The van der Waals surface area contributed by atoms with Crippen LogP contribution in [0.2, 0.25) is 0 Å². The van der Waals surface area contributed by atoms with Gasteiger partial charge in [0.25, 0.3) is 5.91 Å². The molecule has 8 heteroatoms. The molecule has 0 bridgehead atoms. The topological polar surface area (TPSA) is 95.7 Å². The molecule has 1 aliphatic rings. The molecule has 2 N–H and O–H groups in total. The monoisotopic (exact) mass is 377 g/mol. The number of aromatic nitrogens is 1. The number of carbonyl (C=O) groups is 2. The van der Waals surface area contributed by atoms with Crippen LogP contribution in [0.5, 0.6) is 0 Å². The van der Waals surface area contributed by atoms with E-state index in [9.17, 15) is 14.7 Å². The molecule has 7 nitrogen and oxygen atoms in total. The Morgan fingerprint density at radius 2 is 2.27 bits per heavy atom. The molecule has 0 saturated carbocycles. The quantitative estimate of drug-likeness (QED) is 0.828. The molecule has 1 atom stereocenters. The third kappa shape index (κ3) is 4.70. The lowest BCUT2D eigenvalue weighted by atomic mass is 9.95. The van der Waals surface area contributed by atoms with Gasteiger partial charge in [-0.2, -0.15) is 0 Å². The number of carbonyl (C=O) groups excluding carboxylic acids is 2. The van der Waals surface area contributed by atoms with Gasteiger partial charge >= 0.3 is 0 Å². The molecule has 3 heterocycles. The largest absolute Gasteiger partial charge is 0.388 e. The van der Waals surface area contributed by atoms with Gasteiger partial charge < -0.3 is 19.8 Å². The molecule has 1 fully saturated rings. The lowest BCUT2D eigenvalue weighted by Gasteiger charge is -2.27. The second-order valence-corrected chi connectivity index (χ2v) is 7.68. The fourth-order valence-electron chi connectivity index (χ4n) is 3.11. The molecular formula is C18H23N3O4S. The molecule has 0 aliphatic carbocycles. The van der Waals surface area contributed by atoms with E-state index < -0.39 is 5.60 Å². The highest BCUT2D eigenvalue weighted by Gasteiger charge is 2.32. The van der Waals surface area contributed by atoms with Crippen molar-refractivity contribution in [2.24, 2.45) is 0 Å². The number of hydrogen-bond acceptors (Lipinski definition) is 6. The summed E-state index contributed by atoms with van der Waals surface area (Å²) in [7, 11) is 0. The fraction of sp³-hybridized carbons (Fsp3) is 0.500. The van der Waals surface area contributed by atoms with Crippen LogP contribution in [-0.2, 0) is 11.2 Å². The van der Waals surface area contributed by atoms with Crippen LogP contribution in [0.3, 0.4) is 0 Å². The summed E-state index contributed by atoms with van der Waals surface area (Å²) >= 11 is 1.37. The Hall–Kier alpha value is -2.19. The standard InChI is InChI=1S/C18H23N3O4S/c1-13-10-14(25-20-13)11-16(22)21-7-3-5-18(24,6-8-21)12-19-17(23)15-4-2-9-26-15/h2,4,9-10,24H,3,5-8,11-12H2,1H3,(H,19,23)/t18-/m0/s1. The minimum Gasteiger partial charge on any atom is -0.388 e. The van der Waals surface area contributed by atoms with Crippen molar-refractivity contribution >= 4 is 23.2 Å². The number of thiophene rings is 1. The summed E-state index contributed by atoms with van der Waals surface area (Å²) < 4.78 is 5.10. The summed E-state index contributed by atoms with van der Waals surface area (Å²) in [4.78, 5) is 26.9. The Morgan fingerprint density at radius 3 is 2.96 bits per heavy atom. The predicted octanol–water partition coefficient (Wildman–Crippen LogP) is 1.76. The highest BCUT2D eigenvalue weighted by molar-refractivity contribution is 7.12. The summed E-state index contributed by atoms with van der Waals surface area (Å²) in [5.41, 5.74) is -0.246. The van der Waals surface area contributed by atoms with Gasteiger partial charge in [0, 0.05) is 25.7 Å². The molecule has 2 amide bonds. The van der Waals surface area contributed by atoms with Crippen LogP contribution in [-0.4, -0.2) is 52.2 Å². The van der Waals surface area contributed by atoms with E-state index in [1.54, 1.807) is 17.0 Å². The van der Waals surface area contributed by atoms with Crippen LogP contribution in [0.1, 0.15) is 40.4 Å². The van der Waals surface area contributed by atoms with Crippen LogP contribution in [0, 0.1) is 6.92 Å². The molecule has 2 aromatic heterocycles. The second kappa shape index (κ2) is 8.01. The summed E-state index contributed by atoms with van der Waals surface area (Å²) in [5, 5.41) is 19.3. The van der Waals surface area contributed by atoms with E-state index >= 15 is 0 Å². The molecule has 1 saturated heterocycles. The zero-order chi connectivity index (χ0) is 18.6. The molecular weight excluding hydrogens is 354 g/mol. The smallest absolute Gasteiger partial charge is 0.261 e. The molecule has 2 aromatic rings. The van der Waals surface area contributed by atoms with E-state index in [2.05, 4.69) is 10.5 Å². The van der Waals surface area contributed by atoms with Crippen molar-refractivity contribution in [3.63, 3.8) is 0 Å². The average molecular weight is 377 g/mol. The number of aryl methyl sites for hydroxylation is 1. The SMILES string of the molecule is Cc1cc(CC(=O)N2CCC[C@@](O)(CNC(=O)c3cccs3)CC2)on1. The second-order valence-electron chi connectivity index (χ2n) is 6.73. The Labute approximate surface area is 156 Å². The highest BCUT2D eigenvalue weighted by atomic mass is 32.1. The molecule has 1 aliphatic heterocycles. The number of hydrogen-bond donors (Lipinski definition) is 2. The number of likely N-dealkylation sites (tertiary alicyclic amines) is 1. The number of nitrogens with zero attached hydrogens (tertiary/aromatic N) is 2. The van der Waals surface area contributed by atoms with E-state index in [0.717, 1.165) is 5.69 Å². The number of aliphatic hydroxyl groups is 1. The normalized spacial score (nSPS) is 20.6. The first-order chi connectivity index (χ1) is 12.5. The summed E-state index contributed by atoms with van der Waals surface area (Å²) in [6.07, 6.45) is 1.84. The average Bonchev–Trinajstić information content (AvgIpc) is 3.24. The van der Waals surface area contributed by atoms with Gasteiger partial charge in [0.1, 0.15) is 5.76 Å². The minimum atomic E-state index is -0.995. The van der Waals surface area contributed by atoms with Crippen molar-refractivity contribution < 1.29 is 19.2 Å². The zero-order valence-corrected chi connectivity index (χ0v) is 15.6. The van der Waals surface area contributed by atoms with Crippen molar-refractivity contribution in [1.82, 2.24) is 15.4 Å². The maximum atomic E-state index is 12.5. The van der Waals surface area contributed by atoms with Crippen LogP contribution in [0.15, 0.2) is 28.1 Å². The van der Waals surface area contributed by atoms with Gasteiger partial charge in [-0.3, -0.25) is 9.59 Å². The van der Waals surface area contributed by atoms with Crippen molar-refractivity contribution in [3.05, 3.63) is 39.9 Å². The first kappa shape index (κ1) is 18.6. The van der Waals surface area contributed by atoms with Crippen molar-refractivity contribution in [2.45, 2.75) is 38.2 Å². The van der Waals surface area contributed by atoms with E-state index in [1.165, 1.54) is 11.3 Å². The van der Waals surface area contributed by atoms with E-state index in [4.69, 9.17) is 4.52 Å². The molecule has 0 aromatic carbocycles. The molecule has 140 valence electrons. The van der Waals surface area contributed by atoms with Crippen LogP contribution in [0.25, 0.3) is 0 Å². The Morgan fingerprint density at radius 1 is 1.42 bits per heavy atom. The number of amides is 2. The lowest BCUT2D eigenvalue weighted by molar-refractivity contribution is -0.130. The van der Waals surface area contributed by atoms with E-state index in [1.807, 2.05) is 18.4 Å². The number of rotatable bonds is 5. The van der Waals surface area contributed by atoms with Gasteiger partial charge in [0.2, 0.25) is 5.91 Å². The zero-order valence-electron chi connectivity index (χ0n) is 14.7. The van der Waals surface area contributed by atoms with E-state index in [0.29, 0.717) is 43.0 Å². The van der Waals surface area contributed by atoms with Gasteiger partial charge in [0.05, 0.1) is 22.6 Å². The van der Waals surface area contributed by atoms with Gasteiger partial charge in [-0.1, -0.05) is 11.2 Å². The Bertz CT molecular complexity index is 758.